The van der Waals surface area contributed by atoms with E-state index in [0.717, 1.165) is 6.42 Å². The number of rotatable bonds is 3. The third-order valence-corrected chi connectivity index (χ3v) is 2.46. The summed E-state index contributed by atoms with van der Waals surface area (Å²) in [6.45, 7) is 2.42. The van der Waals surface area contributed by atoms with Crippen molar-refractivity contribution in [1.29, 1.82) is 0 Å². The lowest BCUT2D eigenvalue weighted by Gasteiger charge is -1.98. The number of esters is 1. The Morgan fingerprint density at radius 2 is 2.31 bits per heavy atom. The molecule has 1 rings (SSSR count). The molecule has 0 radical (unpaired) electrons. The Balaban J connectivity index is 0.000000487. The van der Waals surface area contributed by atoms with Gasteiger partial charge in [0.1, 0.15) is 4.88 Å². The number of halogens is 1. The van der Waals surface area contributed by atoms with E-state index in [1.54, 1.807) is 11.4 Å². The second-order valence-corrected chi connectivity index (χ2v) is 4.39. The van der Waals surface area contributed by atoms with E-state index in [-0.39, 0.29) is 5.97 Å². The Bertz CT molecular complexity index is 352. The predicted octanol–water partition coefficient (Wildman–Crippen LogP) is 1.71. The molecule has 16 heavy (non-hydrogen) atoms. The van der Waals surface area contributed by atoms with Crippen LogP contribution in [0.2, 0.25) is 5.02 Å². The third kappa shape index (κ3) is 7.77. The van der Waals surface area contributed by atoms with Crippen LogP contribution in [0.5, 0.6) is 0 Å². The Labute approximate surface area is 105 Å². The monoisotopic (exact) mass is 284 g/mol. The van der Waals surface area contributed by atoms with Gasteiger partial charge in [0.15, 0.2) is 0 Å². The number of carbonyl (C=O) groups is 1. The molecular formula is C8H11ClNO4S2-. The zero-order valence-corrected chi connectivity index (χ0v) is 10.9. The van der Waals surface area contributed by atoms with Crippen molar-refractivity contribution >= 4 is 40.2 Å². The first-order valence-corrected chi connectivity index (χ1v) is 6.61. The smallest absolute Gasteiger partial charge is 0.348 e. The second kappa shape index (κ2) is 8.66. The highest BCUT2D eigenvalue weighted by Crippen LogP contribution is 2.19. The van der Waals surface area contributed by atoms with Crippen LogP contribution in [0.4, 0.5) is 0 Å². The van der Waals surface area contributed by atoms with Crippen molar-refractivity contribution in [1.82, 2.24) is 0 Å². The molecule has 0 bridgehead atoms. The molecule has 8 heteroatoms. The molecule has 0 aromatic carbocycles. The summed E-state index contributed by atoms with van der Waals surface area (Å²) < 4.78 is 22.5. The maximum Gasteiger partial charge on any atom is 0.348 e. The van der Waals surface area contributed by atoms with Gasteiger partial charge >= 0.3 is 5.97 Å². The van der Waals surface area contributed by atoms with Gasteiger partial charge in [-0.3, -0.25) is 9.35 Å². The summed E-state index contributed by atoms with van der Waals surface area (Å²) in [5.74, 6) is -0.284. The molecule has 1 aromatic heterocycles. The largest absolute Gasteiger partial charge is 0.760 e. The van der Waals surface area contributed by atoms with Crippen LogP contribution in [0.25, 0.3) is 0 Å². The van der Waals surface area contributed by atoms with E-state index < -0.39 is 11.3 Å². The van der Waals surface area contributed by atoms with Crippen LogP contribution < -0.4 is 5.14 Å². The molecule has 5 nitrogen and oxygen atoms in total. The van der Waals surface area contributed by atoms with Crippen molar-refractivity contribution in [2.24, 2.45) is 5.14 Å². The van der Waals surface area contributed by atoms with Crippen molar-refractivity contribution in [3.63, 3.8) is 0 Å². The molecule has 1 atom stereocenters. The van der Waals surface area contributed by atoms with Gasteiger partial charge in [0.2, 0.25) is 0 Å². The normalized spacial score (nSPS) is 11.2. The van der Waals surface area contributed by atoms with Crippen LogP contribution in [0, 0.1) is 0 Å². The lowest BCUT2D eigenvalue weighted by atomic mass is 10.5. The van der Waals surface area contributed by atoms with Gasteiger partial charge in [0.05, 0.1) is 11.6 Å². The summed E-state index contributed by atoms with van der Waals surface area (Å²) in [7, 11) is 0. The zero-order chi connectivity index (χ0) is 12.6. The van der Waals surface area contributed by atoms with Gasteiger partial charge in [-0.1, -0.05) is 18.5 Å². The van der Waals surface area contributed by atoms with E-state index in [2.05, 4.69) is 5.14 Å². The Kier molecular flexibility index (Phi) is 8.40. The Hall–Kier alpha value is -0.470. The van der Waals surface area contributed by atoms with E-state index >= 15 is 0 Å². The third-order valence-electron chi connectivity index (χ3n) is 1.21. The molecule has 2 N–H and O–H groups in total. The molecule has 0 saturated carbocycles. The fraction of sp³-hybridized carbons (Fsp3) is 0.375. The molecule has 0 fully saturated rings. The van der Waals surface area contributed by atoms with Gasteiger partial charge < -0.3 is 9.29 Å². The highest BCUT2D eigenvalue weighted by atomic mass is 35.5. The fourth-order valence-electron chi connectivity index (χ4n) is 0.686. The summed E-state index contributed by atoms with van der Waals surface area (Å²) in [5.41, 5.74) is 0. The van der Waals surface area contributed by atoms with Crippen molar-refractivity contribution in [2.45, 2.75) is 13.3 Å². The number of thiophene rings is 1. The summed E-state index contributed by atoms with van der Waals surface area (Å²) in [6, 6.07) is 1.62. The number of hydrogen-bond donors (Lipinski definition) is 1. The molecular weight excluding hydrogens is 274 g/mol. The van der Waals surface area contributed by atoms with Crippen molar-refractivity contribution in [2.75, 3.05) is 6.61 Å². The maximum atomic E-state index is 11.1. The quantitative estimate of drug-likeness (QED) is 0.675. The lowest BCUT2D eigenvalue weighted by Crippen LogP contribution is -2.03. The molecule has 1 aromatic rings. The van der Waals surface area contributed by atoms with Gasteiger partial charge in [-0.15, -0.1) is 11.3 Å². The zero-order valence-electron chi connectivity index (χ0n) is 8.47. The van der Waals surface area contributed by atoms with Gasteiger partial charge in [-0.05, 0) is 12.5 Å². The van der Waals surface area contributed by atoms with Crippen LogP contribution in [-0.2, 0) is 16.0 Å². The van der Waals surface area contributed by atoms with E-state index in [4.69, 9.17) is 25.1 Å². The first-order chi connectivity index (χ1) is 7.47. The average Bonchev–Trinajstić information content (AvgIpc) is 2.60. The van der Waals surface area contributed by atoms with Crippen molar-refractivity contribution in [3.8, 4) is 0 Å². The van der Waals surface area contributed by atoms with Crippen LogP contribution in [0.15, 0.2) is 11.4 Å². The number of carbonyl (C=O) groups excluding carboxylic acids is 1. The number of ether oxygens (including phenoxy) is 1. The molecule has 0 spiro atoms. The van der Waals surface area contributed by atoms with Crippen LogP contribution >= 0.6 is 22.9 Å². The fourth-order valence-corrected chi connectivity index (χ4v) is 1.65. The first-order valence-electron chi connectivity index (χ1n) is 4.22. The molecule has 0 aliphatic carbocycles. The SMILES string of the molecule is CCCOC(=O)c1cc(Cl)cs1.NS(=O)[O-]. The number of nitrogens with two attached hydrogens (primary N) is 1. The topological polar surface area (TPSA) is 92.5 Å². The van der Waals surface area contributed by atoms with Gasteiger partial charge in [0.25, 0.3) is 0 Å². The maximum absolute atomic E-state index is 11.1. The van der Waals surface area contributed by atoms with Gasteiger partial charge in [-0.25, -0.2) is 4.79 Å². The minimum atomic E-state index is -2.36. The van der Waals surface area contributed by atoms with E-state index in [0.29, 0.717) is 16.5 Å². The first kappa shape index (κ1) is 15.5. The van der Waals surface area contributed by atoms with E-state index in [1.165, 1.54) is 11.3 Å². The minimum absolute atomic E-state index is 0.284. The van der Waals surface area contributed by atoms with Gasteiger partial charge in [-0.2, -0.15) is 0 Å². The minimum Gasteiger partial charge on any atom is -0.760 e. The average molecular weight is 285 g/mol. The van der Waals surface area contributed by atoms with Crippen LogP contribution in [0.3, 0.4) is 0 Å². The molecule has 1 unspecified atom stereocenters. The molecule has 0 aliphatic rings. The summed E-state index contributed by atoms with van der Waals surface area (Å²) in [6.07, 6.45) is 0.838. The summed E-state index contributed by atoms with van der Waals surface area (Å²) in [5, 5.41) is 6.33. The predicted molar refractivity (Wildman–Crippen MR) is 63.0 cm³/mol. The van der Waals surface area contributed by atoms with Crippen molar-refractivity contribution < 1.29 is 18.3 Å². The second-order valence-electron chi connectivity index (χ2n) is 2.53. The molecule has 1 heterocycles. The molecule has 0 amide bonds. The van der Waals surface area contributed by atoms with E-state index in [9.17, 15) is 4.79 Å². The number of hydrogen-bond acceptors (Lipinski definition) is 5. The molecule has 0 aliphatic heterocycles. The Morgan fingerprint density at radius 3 is 2.69 bits per heavy atom. The standard InChI is InChI=1S/C8H9ClO2S.H3NO2S/c1-2-3-11-8(10)7-4-6(9)5-12-7;1-4(2)3/h4-5H,2-3H2,1H3;1H2,(H,2,3)/p-1. The van der Waals surface area contributed by atoms with E-state index in [1.807, 2.05) is 6.92 Å². The van der Waals surface area contributed by atoms with Gasteiger partial charge in [0, 0.05) is 16.6 Å². The summed E-state index contributed by atoms with van der Waals surface area (Å²) >= 11 is 4.58. The highest BCUT2D eigenvalue weighted by Gasteiger charge is 2.08. The van der Waals surface area contributed by atoms with Crippen molar-refractivity contribution in [3.05, 3.63) is 21.3 Å². The lowest BCUT2D eigenvalue weighted by molar-refractivity contribution is 0.0511. The summed E-state index contributed by atoms with van der Waals surface area (Å²) in [4.78, 5) is 11.7. The Morgan fingerprint density at radius 1 is 1.75 bits per heavy atom. The molecule has 92 valence electrons. The molecule has 0 saturated heterocycles. The van der Waals surface area contributed by atoms with Crippen LogP contribution in [-0.4, -0.2) is 21.3 Å². The van der Waals surface area contributed by atoms with Crippen LogP contribution in [0.1, 0.15) is 23.0 Å². The highest BCUT2D eigenvalue weighted by molar-refractivity contribution is 7.76.